The van der Waals surface area contributed by atoms with Gasteiger partial charge in [0, 0.05) is 23.1 Å². The first kappa shape index (κ1) is 18.2. The van der Waals surface area contributed by atoms with Crippen LogP contribution in [0.25, 0.3) is 0 Å². The molecule has 0 bridgehead atoms. The van der Waals surface area contributed by atoms with Crippen molar-refractivity contribution in [3.63, 3.8) is 0 Å². The van der Waals surface area contributed by atoms with Crippen LogP contribution >= 0.6 is 0 Å². The fraction of sp³-hybridized carbons (Fsp3) is 0.150. The van der Waals surface area contributed by atoms with Crippen molar-refractivity contribution in [2.75, 3.05) is 24.9 Å². The summed E-state index contributed by atoms with van der Waals surface area (Å²) in [6.07, 6.45) is 0. The van der Waals surface area contributed by atoms with Gasteiger partial charge in [0.25, 0.3) is 0 Å². The zero-order valence-electron chi connectivity index (χ0n) is 15.3. The van der Waals surface area contributed by atoms with Gasteiger partial charge in [-0.2, -0.15) is 4.98 Å². The first-order valence-corrected chi connectivity index (χ1v) is 8.29. The number of aryl methyl sites for hydroxylation is 1. The number of hydrogen-bond acceptors (Lipinski definition) is 7. The molecule has 0 aliphatic carbocycles. The standard InChI is InChI=1S/C20H20N4O3/c1-13-12-18(22-15-6-4-14(5-7-15)19(25)27-3)24-20(21-13)23-16-8-10-17(26-2)11-9-16/h4-12H,1-3H3,(H2,21,22,23,24). The molecule has 3 aromatic rings. The highest BCUT2D eigenvalue weighted by atomic mass is 16.5. The number of nitrogens with one attached hydrogen (secondary N) is 2. The molecule has 0 spiro atoms. The van der Waals surface area contributed by atoms with E-state index < -0.39 is 0 Å². The van der Waals surface area contributed by atoms with Crippen molar-refractivity contribution in [2.24, 2.45) is 0 Å². The Bertz CT molecular complexity index is 925. The number of anilines is 4. The minimum Gasteiger partial charge on any atom is -0.497 e. The summed E-state index contributed by atoms with van der Waals surface area (Å²) in [4.78, 5) is 20.4. The predicted molar refractivity (Wildman–Crippen MR) is 104 cm³/mol. The number of aromatic nitrogens is 2. The fourth-order valence-corrected chi connectivity index (χ4v) is 2.45. The minimum absolute atomic E-state index is 0.370. The predicted octanol–water partition coefficient (Wildman–Crippen LogP) is 4.07. The van der Waals surface area contributed by atoms with Gasteiger partial charge in [-0.3, -0.25) is 0 Å². The Balaban J connectivity index is 1.75. The quantitative estimate of drug-likeness (QED) is 0.638. The Labute approximate surface area is 157 Å². The van der Waals surface area contributed by atoms with Crippen LogP contribution in [-0.4, -0.2) is 30.2 Å². The summed E-state index contributed by atoms with van der Waals surface area (Å²) in [5.74, 6) is 1.53. The van der Waals surface area contributed by atoms with Crippen LogP contribution in [0.2, 0.25) is 0 Å². The Kier molecular flexibility index (Phi) is 5.51. The summed E-state index contributed by atoms with van der Waals surface area (Å²) in [6.45, 7) is 1.90. The first-order chi connectivity index (χ1) is 13.1. The maximum atomic E-state index is 11.5. The molecule has 0 fully saturated rings. The molecule has 0 aliphatic heterocycles. The second-order valence-corrected chi connectivity index (χ2v) is 5.77. The van der Waals surface area contributed by atoms with Crippen molar-refractivity contribution in [2.45, 2.75) is 6.92 Å². The van der Waals surface area contributed by atoms with Gasteiger partial charge in [-0.1, -0.05) is 0 Å². The molecule has 0 amide bonds. The van der Waals surface area contributed by atoms with Gasteiger partial charge in [-0.15, -0.1) is 0 Å². The lowest BCUT2D eigenvalue weighted by atomic mass is 10.2. The third kappa shape index (κ3) is 4.72. The molecule has 0 unspecified atom stereocenters. The van der Waals surface area contributed by atoms with Gasteiger partial charge in [0.1, 0.15) is 11.6 Å². The van der Waals surface area contributed by atoms with Crippen LogP contribution in [0.1, 0.15) is 16.1 Å². The van der Waals surface area contributed by atoms with Gasteiger partial charge in [-0.05, 0) is 55.5 Å². The topological polar surface area (TPSA) is 85.4 Å². The zero-order chi connectivity index (χ0) is 19.2. The number of nitrogens with zero attached hydrogens (tertiary/aromatic N) is 2. The average Bonchev–Trinajstić information content (AvgIpc) is 2.68. The summed E-state index contributed by atoms with van der Waals surface area (Å²) in [6, 6.07) is 16.3. The Hall–Kier alpha value is -3.61. The largest absolute Gasteiger partial charge is 0.497 e. The Morgan fingerprint density at radius 1 is 0.889 bits per heavy atom. The molecule has 0 atom stereocenters. The molecule has 1 aromatic heterocycles. The molecule has 2 aromatic carbocycles. The first-order valence-electron chi connectivity index (χ1n) is 8.29. The second-order valence-electron chi connectivity index (χ2n) is 5.77. The molecule has 2 N–H and O–H groups in total. The van der Waals surface area contributed by atoms with E-state index in [0.29, 0.717) is 17.3 Å². The monoisotopic (exact) mass is 364 g/mol. The molecule has 0 saturated heterocycles. The number of rotatable bonds is 6. The van der Waals surface area contributed by atoms with Crippen LogP contribution in [0.3, 0.4) is 0 Å². The van der Waals surface area contributed by atoms with E-state index in [0.717, 1.165) is 22.8 Å². The SMILES string of the molecule is COC(=O)c1ccc(Nc2cc(C)nc(Nc3ccc(OC)cc3)n2)cc1. The highest BCUT2D eigenvalue weighted by Gasteiger charge is 2.07. The van der Waals surface area contributed by atoms with E-state index in [9.17, 15) is 4.79 Å². The maximum absolute atomic E-state index is 11.5. The number of esters is 1. The molecule has 27 heavy (non-hydrogen) atoms. The smallest absolute Gasteiger partial charge is 0.337 e. The Morgan fingerprint density at radius 2 is 1.52 bits per heavy atom. The number of benzene rings is 2. The van der Waals surface area contributed by atoms with E-state index in [-0.39, 0.29) is 5.97 Å². The Morgan fingerprint density at radius 3 is 2.15 bits per heavy atom. The van der Waals surface area contributed by atoms with Crippen LogP contribution in [0.4, 0.5) is 23.1 Å². The minimum atomic E-state index is -0.370. The molecule has 0 aliphatic rings. The number of hydrogen-bond donors (Lipinski definition) is 2. The molecule has 0 saturated carbocycles. The number of methoxy groups -OCH3 is 2. The van der Waals surface area contributed by atoms with E-state index in [1.165, 1.54) is 7.11 Å². The van der Waals surface area contributed by atoms with Crippen molar-refractivity contribution in [3.8, 4) is 5.75 Å². The van der Waals surface area contributed by atoms with Crippen LogP contribution < -0.4 is 15.4 Å². The van der Waals surface area contributed by atoms with Crippen LogP contribution in [0.5, 0.6) is 5.75 Å². The number of carbonyl (C=O) groups is 1. The lowest BCUT2D eigenvalue weighted by Crippen LogP contribution is -2.03. The lowest BCUT2D eigenvalue weighted by molar-refractivity contribution is 0.0601. The summed E-state index contributed by atoms with van der Waals surface area (Å²) in [7, 11) is 2.98. The van der Waals surface area contributed by atoms with Gasteiger partial charge in [0.15, 0.2) is 0 Å². The van der Waals surface area contributed by atoms with E-state index in [1.54, 1.807) is 31.4 Å². The fourth-order valence-electron chi connectivity index (χ4n) is 2.45. The molecule has 7 heteroatoms. The summed E-state index contributed by atoms with van der Waals surface area (Å²) in [5, 5.41) is 6.39. The van der Waals surface area contributed by atoms with Crippen LogP contribution in [0, 0.1) is 6.92 Å². The molecule has 138 valence electrons. The molecule has 7 nitrogen and oxygen atoms in total. The van der Waals surface area contributed by atoms with Crippen LogP contribution in [-0.2, 0) is 4.74 Å². The summed E-state index contributed by atoms with van der Waals surface area (Å²) >= 11 is 0. The highest BCUT2D eigenvalue weighted by Crippen LogP contribution is 2.21. The van der Waals surface area contributed by atoms with Crippen molar-refractivity contribution < 1.29 is 14.3 Å². The third-order valence-electron chi connectivity index (χ3n) is 3.78. The zero-order valence-corrected chi connectivity index (χ0v) is 15.3. The van der Waals surface area contributed by atoms with E-state index in [4.69, 9.17) is 9.47 Å². The summed E-state index contributed by atoms with van der Waals surface area (Å²) in [5.41, 5.74) is 2.96. The second kappa shape index (κ2) is 8.18. The molecule has 0 radical (unpaired) electrons. The van der Waals surface area contributed by atoms with E-state index in [1.807, 2.05) is 37.3 Å². The van der Waals surface area contributed by atoms with Gasteiger partial charge < -0.3 is 20.1 Å². The maximum Gasteiger partial charge on any atom is 0.337 e. The van der Waals surface area contributed by atoms with Crippen LogP contribution in [0.15, 0.2) is 54.6 Å². The van der Waals surface area contributed by atoms with Gasteiger partial charge in [-0.25, -0.2) is 9.78 Å². The van der Waals surface area contributed by atoms with Crippen molar-refractivity contribution in [1.29, 1.82) is 0 Å². The third-order valence-corrected chi connectivity index (χ3v) is 3.78. The van der Waals surface area contributed by atoms with Crippen molar-refractivity contribution in [3.05, 3.63) is 65.9 Å². The molecule has 1 heterocycles. The number of ether oxygens (including phenoxy) is 2. The summed E-state index contributed by atoms with van der Waals surface area (Å²) < 4.78 is 9.86. The normalized spacial score (nSPS) is 10.2. The lowest BCUT2D eigenvalue weighted by Gasteiger charge is -2.11. The molecule has 3 rings (SSSR count). The van der Waals surface area contributed by atoms with Gasteiger partial charge in [0.2, 0.25) is 5.95 Å². The van der Waals surface area contributed by atoms with Gasteiger partial charge >= 0.3 is 5.97 Å². The van der Waals surface area contributed by atoms with E-state index >= 15 is 0 Å². The van der Waals surface area contributed by atoms with E-state index in [2.05, 4.69) is 20.6 Å². The number of carbonyl (C=O) groups excluding carboxylic acids is 1. The highest BCUT2D eigenvalue weighted by molar-refractivity contribution is 5.89. The van der Waals surface area contributed by atoms with Crippen molar-refractivity contribution >= 4 is 29.1 Å². The van der Waals surface area contributed by atoms with Gasteiger partial charge in [0.05, 0.1) is 19.8 Å². The molecular formula is C20H20N4O3. The molecular weight excluding hydrogens is 344 g/mol. The van der Waals surface area contributed by atoms with Crippen molar-refractivity contribution in [1.82, 2.24) is 9.97 Å². The average molecular weight is 364 g/mol.